The summed E-state index contributed by atoms with van der Waals surface area (Å²) in [6, 6.07) is 7.26. The topological polar surface area (TPSA) is 73.1 Å². The summed E-state index contributed by atoms with van der Waals surface area (Å²) < 4.78 is 7.51. The van der Waals surface area contributed by atoms with Gasteiger partial charge in [0.1, 0.15) is 11.6 Å². The Bertz CT molecular complexity index is 575. The molecule has 0 aliphatic heterocycles. The SMILES string of the molecule is CSc1nc(NN)cc(Oc2ccc(Br)cc2Br)n1. The number of thioether (sulfide) groups is 1. The third-order valence-corrected chi connectivity index (χ3v) is 3.78. The first-order valence-electron chi connectivity index (χ1n) is 5.15. The van der Waals surface area contributed by atoms with Crippen LogP contribution in [-0.4, -0.2) is 16.2 Å². The second-order valence-electron chi connectivity index (χ2n) is 3.40. The number of halogens is 2. The van der Waals surface area contributed by atoms with Gasteiger partial charge in [0.25, 0.3) is 0 Å². The minimum atomic E-state index is 0.426. The van der Waals surface area contributed by atoms with Crippen molar-refractivity contribution < 1.29 is 4.74 Å². The Balaban J connectivity index is 2.31. The van der Waals surface area contributed by atoms with E-state index in [2.05, 4.69) is 47.3 Å². The van der Waals surface area contributed by atoms with Crippen molar-refractivity contribution in [2.75, 3.05) is 11.7 Å². The number of aromatic nitrogens is 2. The molecule has 1 heterocycles. The summed E-state index contributed by atoms with van der Waals surface area (Å²) in [6.07, 6.45) is 1.88. The number of rotatable bonds is 4. The fourth-order valence-electron chi connectivity index (χ4n) is 1.29. The molecule has 0 saturated heterocycles. The van der Waals surface area contributed by atoms with Gasteiger partial charge in [0, 0.05) is 10.5 Å². The standard InChI is InChI=1S/C11H10Br2N4OS/c1-19-11-15-9(17-14)5-10(16-11)18-8-3-2-6(12)4-7(8)13/h2-5H,14H2,1H3,(H,15,16,17). The van der Waals surface area contributed by atoms with Crippen molar-refractivity contribution in [1.82, 2.24) is 9.97 Å². The molecule has 0 saturated carbocycles. The van der Waals surface area contributed by atoms with Crippen molar-refractivity contribution in [3.05, 3.63) is 33.2 Å². The third-order valence-electron chi connectivity index (χ3n) is 2.12. The van der Waals surface area contributed by atoms with Crippen LogP contribution >= 0.6 is 43.6 Å². The highest BCUT2D eigenvalue weighted by Gasteiger charge is 2.08. The lowest BCUT2D eigenvalue weighted by Crippen LogP contribution is -2.09. The molecule has 8 heteroatoms. The average molecular weight is 406 g/mol. The van der Waals surface area contributed by atoms with Gasteiger partial charge >= 0.3 is 0 Å². The molecular weight excluding hydrogens is 396 g/mol. The molecule has 2 aromatic rings. The summed E-state index contributed by atoms with van der Waals surface area (Å²) in [5, 5.41) is 0.582. The molecule has 1 aromatic carbocycles. The van der Waals surface area contributed by atoms with Crippen molar-refractivity contribution in [2.45, 2.75) is 5.16 Å². The molecular formula is C11H10Br2N4OS. The van der Waals surface area contributed by atoms with Crippen LogP contribution in [0, 0.1) is 0 Å². The van der Waals surface area contributed by atoms with Gasteiger partial charge in [-0.15, -0.1) is 0 Å². The van der Waals surface area contributed by atoms with Crippen LogP contribution in [0.25, 0.3) is 0 Å². The maximum Gasteiger partial charge on any atom is 0.225 e. The summed E-state index contributed by atoms with van der Waals surface area (Å²) >= 11 is 8.23. The predicted octanol–water partition coefficient (Wildman–Crippen LogP) is 3.80. The van der Waals surface area contributed by atoms with E-state index >= 15 is 0 Å². The first-order valence-corrected chi connectivity index (χ1v) is 7.96. The molecule has 19 heavy (non-hydrogen) atoms. The van der Waals surface area contributed by atoms with Gasteiger partial charge < -0.3 is 10.2 Å². The molecule has 2 rings (SSSR count). The van der Waals surface area contributed by atoms with E-state index in [1.807, 2.05) is 24.5 Å². The Kier molecular flexibility index (Phi) is 5.03. The minimum Gasteiger partial charge on any atom is -0.438 e. The number of anilines is 1. The van der Waals surface area contributed by atoms with Gasteiger partial charge in [0.15, 0.2) is 5.16 Å². The number of ether oxygens (including phenoxy) is 1. The molecule has 0 aliphatic carbocycles. The molecule has 0 radical (unpaired) electrons. The zero-order valence-corrected chi connectivity index (χ0v) is 13.8. The number of nitrogens with one attached hydrogen (secondary N) is 1. The van der Waals surface area contributed by atoms with Crippen molar-refractivity contribution in [1.29, 1.82) is 0 Å². The summed E-state index contributed by atoms with van der Waals surface area (Å²) in [5.41, 5.74) is 2.49. The highest BCUT2D eigenvalue weighted by atomic mass is 79.9. The quantitative estimate of drug-likeness (QED) is 0.349. The van der Waals surface area contributed by atoms with Gasteiger partial charge in [-0.2, -0.15) is 4.98 Å². The van der Waals surface area contributed by atoms with E-state index in [1.54, 1.807) is 6.07 Å². The minimum absolute atomic E-state index is 0.426. The predicted molar refractivity (Wildman–Crippen MR) is 83.5 cm³/mol. The van der Waals surface area contributed by atoms with Crippen molar-refractivity contribution >= 4 is 49.4 Å². The lowest BCUT2D eigenvalue weighted by atomic mass is 10.3. The van der Waals surface area contributed by atoms with Crippen LogP contribution in [0.5, 0.6) is 11.6 Å². The number of nitrogen functional groups attached to an aromatic ring is 1. The molecule has 5 nitrogen and oxygen atoms in total. The van der Waals surface area contributed by atoms with Crippen molar-refractivity contribution in [3.8, 4) is 11.6 Å². The zero-order chi connectivity index (χ0) is 13.8. The van der Waals surface area contributed by atoms with Gasteiger partial charge in [-0.1, -0.05) is 27.7 Å². The maximum atomic E-state index is 5.72. The molecule has 0 aliphatic rings. The van der Waals surface area contributed by atoms with Gasteiger partial charge in [-0.3, -0.25) is 0 Å². The number of nitrogens with zero attached hydrogens (tertiary/aromatic N) is 2. The molecule has 1 aromatic heterocycles. The summed E-state index contributed by atoms with van der Waals surface area (Å²) in [7, 11) is 0. The highest BCUT2D eigenvalue weighted by Crippen LogP contribution is 2.32. The summed E-state index contributed by atoms with van der Waals surface area (Å²) in [5.74, 6) is 6.96. The van der Waals surface area contributed by atoms with Crippen LogP contribution in [0.2, 0.25) is 0 Å². The Labute approximate surface area is 131 Å². The largest absolute Gasteiger partial charge is 0.438 e. The van der Waals surface area contributed by atoms with E-state index in [-0.39, 0.29) is 0 Å². The van der Waals surface area contributed by atoms with Gasteiger partial charge in [0.05, 0.1) is 4.47 Å². The van der Waals surface area contributed by atoms with Crippen LogP contribution in [-0.2, 0) is 0 Å². The summed E-state index contributed by atoms with van der Waals surface area (Å²) in [6.45, 7) is 0. The molecule has 0 spiro atoms. The smallest absolute Gasteiger partial charge is 0.225 e. The average Bonchev–Trinajstić information content (AvgIpc) is 2.41. The number of hydrogen-bond acceptors (Lipinski definition) is 6. The van der Waals surface area contributed by atoms with Crippen LogP contribution < -0.4 is 16.0 Å². The molecule has 0 fully saturated rings. The van der Waals surface area contributed by atoms with Gasteiger partial charge in [-0.25, -0.2) is 10.8 Å². The second kappa shape index (κ2) is 6.56. The first kappa shape index (κ1) is 14.6. The van der Waals surface area contributed by atoms with Gasteiger partial charge in [0.2, 0.25) is 5.88 Å². The number of benzene rings is 1. The third kappa shape index (κ3) is 3.82. The molecule has 3 N–H and O–H groups in total. The number of nitrogens with two attached hydrogens (primary N) is 1. The Morgan fingerprint density at radius 3 is 2.68 bits per heavy atom. The van der Waals surface area contributed by atoms with E-state index < -0.39 is 0 Å². The maximum absolute atomic E-state index is 5.72. The molecule has 0 atom stereocenters. The second-order valence-corrected chi connectivity index (χ2v) is 5.94. The molecule has 0 bridgehead atoms. The van der Waals surface area contributed by atoms with Crippen LogP contribution in [0.1, 0.15) is 0 Å². The number of hydrogen-bond donors (Lipinski definition) is 2. The Morgan fingerprint density at radius 1 is 1.26 bits per heavy atom. The van der Waals surface area contributed by atoms with Crippen LogP contribution in [0.4, 0.5) is 5.82 Å². The fourth-order valence-corrected chi connectivity index (χ4v) is 2.79. The molecule has 100 valence electrons. The van der Waals surface area contributed by atoms with Crippen LogP contribution in [0.15, 0.2) is 38.4 Å². The lowest BCUT2D eigenvalue weighted by molar-refractivity contribution is 0.453. The fraction of sp³-hybridized carbons (Fsp3) is 0.0909. The lowest BCUT2D eigenvalue weighted by Gasteiger charge is -2.09. The molecule has 0 unspecified atom stereocenters. The van der Waals surface area contributed by atoms with Crippen LogP contribution in [0.3, 0.4) is 0 Å². The van der Waals surface area contributed by atoms with E-state index in [1.165, 1.54) is 11.8 Å². The zero-order valence-electron chi connectivity index (χ0n) is 9.85. The van der Waals surface area contributed by atoms with Crippen molar-refractivity contribution in [3.63, 3.8) is 0 Å². The van der Waals surface area contributed by atoms with E-state index in [4.69, 9.17) is 10.6 Å². The first-order chi connectivity index (χ1) is 9.12. The van der Waals surface area contributed by atoms with Crippen molar-refractivity contribution in [2.24, 2.45) is 5.84 Å². The van der Waals surface area contributed by atoms with E-state index in [0.717, 1.165) is 8.95 Å². The Hall–Kier alpha value is -0.830. The highest BCUT2D eigenvalue weighted by molar-refractivity contribution is 9.11. The monoisotopic (exact) mass is 404 g/mol. The number of hydrazine groups is 1. The Morgan fingerprint density at radius 2 is 2.05 bits per heavy atom. The molecule has 0 amide bonds. The van der Waals surface area contributed by atoms with E-state index in [0.29, 0.717) is 22.6 Å². The normalized spacial score (nSPS) is 10.3. The summed E-state index contributed by atoms with van der Waals surface area (Å²) in [4.78, 5) is 8.43. The van der Waals surface area contributed by atoms with Gasteiger partial charge in [-0.05, 0) is 40.4 Å². The van der Waals surface area contributed by atoms with E-state index in [9.17, 15) is 0 Å².